The quantitative estimate of drug-likeness (QED) is 0.275. The van der Waals surface area contributed by atoms with E-state index in [1.165, 1.54) is 0 Å². The molecule has 1 amide bonds. The van der Waals surface area contributed by atoms with Crippen molar-refractivity contribution in [3.63, 3.8) is 0 Å². The van der Waals surface area contributed by atoms with E-state index in [9.17, 15) is 4.79 Å². The van der Waals surface area contributed by atoms with Crippen LogP contribution < -0.4 is 10.6 Å². The highest BCUT2D eigenvalue weighted by atomic mass is 32.1. The van der Waals surface area contributed by atoms with Crippen molar-refractivity contribution in [2.75, 3.05) is 11.9 Å². The first-order chi connectivity index (χ1) is 18.2. The molecule has 2 aromatic carbocycles. The zero-order valence-electron chi connectivity index (χ0n) is 19.8. The van der Waals surface area contributed by atoms with Crippen molar-refractivity contribution in [3.05, 3.63) is 109 Å². The minimum absolute atomic E-state index is 0.0596. The van der Waals surface area contributed by atoms with Crippen LogP contribution in [-0.4, -0.2) is 37.0 Å². The van der Waals surface area contributed by atoms with Gasteiger partial charge < -0.3 is 15.5 Å². The lowest BCUT2D eigenvalue weighted by Crippen LogP contribution is -2.33. The van der Waals surface area contributed by atoms with Crippen molar-refractivity contribution in [1.29, 1.82) is 0 Å². The molecule has 1 saturated heterocycles. The molecule has 0 spiro atoms. The maximum absolute atomic E-state index is 12.8. The summed E-state index contributed by atoms with van der Waals surface area (Å²) in [5, 5.41) is 7.93. The zero-order chi connectivity index (χ0) is 25.2. The van der Waals surface area contributed by atoms with Gasteiger partial charge in [-0.15, -0.1) is 0 Å². The molecule has 1 aliphatic rings. The number of carbonyl (C=O) groups excluding carboxylic acids is 1. The predicted molar refractivity (Wildman–Crippen MR) is 151 cm³/mol. The molecule has 1 aliphatic heterocycles. The summed E-state index contributed by atoms with van der Waals surface area (Å²) in [6.07, 6.45) is 4.12. The number of nitrogens with zero attached hydrogens (tertiary/aromatic N) is 4. The van der Waals surface area contributed by atoms with Crippen LogP contribution in [0.5, 0.6) is 0 Å². The fourth-order valence-corrected chi connectivity index (χ4v) is 6.01. The topological polar surface area (TPSA) is 75.1 Å². The number of benzene rings is 2. The molecule has 2 N–H and O–H groups in total. The number of para-hydroxylation sites is 2. The Morgan fingerprint density at radius 3 is 2.62 bits per heavy atom. The second-order valence-electron chi connectivity index (χ2n) is 8.75. The summed E-state index contributed by atoms with van der Waals surface area (Å²) in [4.78, 5) is 24.4. The molecule has 0 saturated carbocycles. The Balaban J connectivity index is 1.33. The van der Waals surface area contributed by atoms with Crippen molar-refractivity contribution < 1.29 is 4.79 Å². The second kappa shape index (κ2) is 10.1. The lowest BCUT2D eigenvalue weighted by molar-refractivity contribution is -0.116. The number of amides is 1. The van der Waals surface area contributed by atoms with Gasteiger partial charge in [-0.2, -0.15) is 0 Å². The van der Waals surface area contributed by atoms with Crippen LogP contribution in [0.4, 0.5) is 5.69 Å². The molecule has 184 valence electrons. The van der Waals surface area contributed by atoms with E-state index >= 15 is 0 Å². The van der Waals surface area contributed by atoms with E-state index in [1.54, 1.807) is 17.5 Å². The minimum Gasteiger partial charge on any atom is -0.352 e. The number of rotatable bonds is 7. The number of thiazole rings is 1. The molecule has 4 heterocycles. The standard InChI is InChI=1S/C28H24N6OS2/c35-24(30-19-9-2-1-3-10-19)15-18-34-26(25(32-27(34)36)21-12-6-7-16-29-21)22-13-8-17-33(22)28-31-20-11-4-5-14-23(20)37-28/h1-14,16-17,25-26H,15,18H2,(H,30,35)(H,32,36)/t25-,26-/m0/s1. The van der Waals surface area contributed by atoms with E-state index in [0.29, 0.717) is 18.1 Å². The van der Waals surface area contributed by atoms with Crippen molar-refractivity contribution in [1.82, 2.24) is 24.8 Å². The Bertz CT molecular complexity index is 1520. The van der Waals surface area contributed by atoms with Gasteiger partial charge in [0, 0.05) is 31.0 Å². The van der Waals surface area contributed by atoms with Crippen LogP contribution in [0.3, 0.4) is 0 Å². The Kier molecular flexibility index (Phi) is 6.38. The summed E-state index contributed by atoms with van der Waals surface area (Å²) in [6, 6.07) is 27.3. The fourth-order valence-electron chi connectivity index (χ4n) is 4.71. The third-order valence-corrected chi connectivity index (χ3v) is 7.80. The Morgan fingerprint density at radius 1 is 1.00 bits per heavy atom. The first-order valence-electron chi connectivity index (χ1n) is 12.0. The van der Waals surface area contributed by atoms with Crippen molar-refractivity contribution in [2.45, 2.75) is 18.5 Å². The molecule has 0 unspecified atom stereocenters. The van der Waals surface area contributed by atoms with Crippen LogP contribution >= 0.6 is 23.6 Å². The van der Waals surface area contributed by atoms with E-state index in [1.807, 2.05) is 79.0 Å². The maximum atomic E-state index is 12.8. The third-order valence-electron chi connectivity index (χ3n) is 6.41. The normalized spacial score (nSPS) is 17.2. The number of aromatic nitrogens is 3. The molecule has 9 heteroatoms. The predicted octanol–water partition coefficient (Wildman–Crippen LogP) is 5.48. The SMILES string of the molecule is O=C(CCN1C(=S)N[C@@H](c2ccccn2)[C@@H]1c1cccn1-c1nc2ccccc2s1)Nc1ccccc1. The Labute approximate surface area is 223 Å². The molecule has 0 aliphatic carbocycles. The second-order valence-corrected chi connectivity index (χ2v) is 10.1. The molecule has 0 bridgehead atoms. The zero-order valence-corrected chi connectivity index (χ0v) is 21.5. The van der Waals surface area contributed by atoms with Crippen LogP contribution in [0.2, 0.25) is 0 Å². The summed E-state index contributed by atoms with van der Waals surface area (Å²) >= 11 is 7.44. The van der Waals surface area contributed by atoms with Crippen molar-refractivity contribution in [3.8, 4) is 5.13 Å². The molecular formula is C28H24N6OS2. The number of thiocarbonyl (C=S) groups is 1. The van der Waals surface area contributed by atoms with Gasteiger partial charge in [0.15, 0.2) is 10.2 Å². The van der Waals surface area contributed by atoms with Gasteiger partial charge in [0.05, 0.1) is 33.7 Å². The Morgan fingerprint density at radius 2 is 1.81 bits per heavy atom. The van der Waals surface area contributed by atoms with Gasteiger partial charge in [-0.3, -0.25) is 14.3 Å². The first-order valence-corrected chi connectivity index (χ1v) is 13.3. The lowest BCUT2D eigenvalue weighted by Gasteiger charge is -2.28. The smallest absolute Gasteiger partial charge is 0.226 e. The van der Waals surface area contributed by atoms with E-state index in [2.05, 4.69) is 37.2 Å². The van der Waals surface area contributed by atoms with E-state index in [-0.39, 0.29) is 18.0 Å². The monoisotopic (exact) mass is 524 g/mol. The highest BCUT2D eigenvalue weighted by Gasteiger charge is 2.41. The molecule has 0 radical (unpaired) electrons. The summed E-state index contributed by atoms with van der Waals surface area (Å²) in [6.45, 7) is 0.462. The number of nitrogens with one attached hydrogen (secondary N) is 2. The van der Waals surface area contributed by atoms with Gasteiger partial charge in [0.25, 0.3) is 0 Å². The Hall–Kier alpha value is -4.08. The molecule has 2 atom stereocenters. The average molecular weight is 525 g/mol. The number of hydrogen-bond donors (Lipinski definition) is 2. The number of carbonyl (C=O) groups is 1. The molecule has 1 fully saturated rings. The van der Waals surface area contributed by atoms with Gasteiger partial charge in [-0.25, -0.2) is 4.98 Å². The molecule has 7 nitrogen and oxygen atoms in total. The minimum atomic E-state index is -0.172. The molecular weight excluding hydrogens is 500 g/mol. The van der Waals surface area contributed by atoms with Crippen LogP contribution in [0.25, 0.3) is 15.3 Å². The molecule has 5 aromatic rings. The highest BCUT2D eigenvalue weighted by Crippen LogP contribution is 2.40. The molecule has 6 rings (SSSR count). The summed E-state index contributed by atoms with van der Waals surface area (Å²) in [5.74, 6) is -0.0596. The van der Waals surface area contributed by atoms with Crippen LogP contribution in [0.15, 0.2) is 97.3 Å². The molecule has 37 heavy (non-hydrogen) atoms. The summed E-state index contributed by atoms with van der Waals surface area (Å²) in [5.41, 5.74) is 3.67. The summed E-state index contributed by atoms with van der Waals surface area (Å²) < 4.78 is 3.26. The van der Waals surface area contributed by atoms with Crippen LogP contribution in [0.1, 0.15) is 29.9 Å². The highest BCUT2D eigenvalue weighted by molar-refractivity contribution is 7.80. The van der Waals surface area contributed by atoms with Gasteiger partial charge in [0.1, 0.15) is 0 Å². The van der Waals surface area contributed by atoms with Gasteiger partial charge in [-0.05, 0) is 60.7 Å². The van der Waals surface area contributed by atoms with E-state index < -0.39 is 0 Å². The van der Waals surface area contributed by atoms with E-state index in [4.69, 9.17) is 17.2 Å². The average Bonchev–Trinajstić information content (AvgIpc) is 3.65. The number of anilines is 1. The first kappa shape index (κ1) is 23.3. The van der Waals surface area contributed by atoms with Gasteiger partial charge in [-0.1, -0.05) is 47.7 Å². The molecule has 3 aromatic heterocycles. The van der Waals surface area contributed by atoms with Crippen molar-refractivity contribution in [2.24, 2.45) is 0 Å². The largest absolute Gasteiger partial charge is 0.352 e. The summed E-state index contributed by atoms with van der Waals surface area (Å²) in [7, 11) is 0. The third kappa shape index (κ3) is 4.71. The van der Waals surface area contributed by atoms with Crippen LogP contribution in [0, 0.1) is 0 Å². The van der Waals surface area contributed by atoms with Gasteiger partial charge >= 0.3 is 0 Å². The number of pyridine rings is 1. The number of fused-ring (bicyclic) bond motifs is 1. The lowest BCUT2D eigenvalue weighted by atomic mass is 10.0. The fraction of sp³-hybridized carbons (Fsp3) is 0.143. The van der Waals surface area contributed by atoms with E-state index in [0.717, 1.165) is 32.4 Å². The van der Waals surface area contributed by atoms with Crippen molar-refractivity contribution >= 4 is 50.5 Å². The number of hydrogen-bond acceptors (Lipinski definition) is 5. The van der Waals surface area contributed by atoms with Gasteiger partial charge in [0.2, 0.25) is 5.91 Å². The van der Waals surface area contributed by atoms with Crippen LogP contribution in [-0.2, 0) is 4.79 Å². The maximum Gasteiger partial charge on any atom is 0.226 e.